The molecule has 1 atom stereocenters. The Morgan fingerprint density at radius 2 is 1.41 bits per heavy atom. The van der Waals surface area contributed by atoms with Crippen molar-refractivity contribution in [3.8, 4) is 11.5 Å². The molecule has 1 saturated heterocycles. The standard InChI is InChI=1S/C27H33NO4/c29-22-12-8-20(9-13-22)27(21-10-14-23(30)15-11-21)24(19-5-1-2-6-19)7-3-4-18-28-25(31)16-17-26(28)32/h8-15,19,25,29-31H,1-7,16-18H2. The first-order valence-electron chi connectivity index (χ1n) is 11.8. The summed E-state index contributed by atoms with van der Waals surface area (Å²) in [5.41, 5.74) is 4.75. The van der Waals surface area contributed by atoms with Crippen LogP contribution in [0.1, 0.15) is 68.9 Å². The summed E-state index contributed by atoms with van der Waals surface area (Å²) in [6.45, 7) is 0.603. The molecule has 4 rings (SSSR count). The van der Waals surface area contributed by atoms with Crippen LogP contribution in [0.15, 0.2) is 54.1 Å². The second-order valence-corrected chi connectivity index (χ2v) is 9.04. The Labute approximate surface area is 190 Å². The topological polar surface area (TPSA) is 81.0 Å². The monoisotopic (exact) mass is 435 g/mol. The van der Waals surface area contributed by atoms with E-state index in [1.54, 1.807) is 29.2 Å². The number of phenolic OH excluding ortho intramolecular Hbond substituents is 2. The highest BCUT2D eigenvalue weighted by Gasteiger charge is 2.29. The summed E-state index contributed by atoms with van der Waals surface area (Å²) in [5.74, 6) is 1.06. The summed E-state index contributed by atoms with van der Waals surface area (Å²) in [7, 11) is 0. The Kier molecular flexibility index (Phi) is 7.15. The minimum Gasteiger partial charge on any atom is -0.508 e. The largest absolute Gasteiger partial charge is 0.508 e. The summed E-state index contributed by atoms with van der Waals surface area (Å²) in [5, 5.41) is 29.7. The third-order valence-electron chi connectivity index (χ3n) is 6.87. The van der Waals surface area contributed by atoms with E-state index in [0.29, 0.717) is 25.3 Å². The van der Waals surface area contributed by atoms with Crippen molar-refractivity contribution in [2.24, 2.45) is 5.92 Å². The van der Waals surface area contributed by atoms with Crippen molar-refractivity contribution in [2.45, 2.75) is 64.0 Å². The fourth-order valence-electron chi connectivity index (χ4n) is 5.19. The predicted octanol–water partition coefficient (Wildman–Crippen LogP) is 5.20. The van der Waals surface area contributed by atoms with Crippen LogP contribution in [0.4, 0.5) is 0 Å². The quantitative estimate of drug-likeness (QED) is 0.498. The van der Waals surface area contributed by atoms with Crippen molar-refractivity contribution in [2.75, 3.05) is 6.54 Å². The Morgan fingerprint density at radius 3 is 1.91 bits per heavy atom. The molecule has 2 aliphatic rings. The SMILES string of the molecule is O=C1CCC(O)N1CCCCC(=C(c1ccc(O)cc1)c1ccc(O)cc1)C1CCCC1. The third-order valence-corrected chi connectivity index (χ3v) is 6.87. The number of carbonyl (C=O) groups is 1. The van der Waals surface area contributed by atoms with Crippen LogP contribution in [0.3, 0.4) is 0 Å². The first kappa shape index (κ1) is 22.4. The first-order chi connectivity index (χ1) is 15.5. The van der Waals surface area contributed by atoms with Gasteiger partial charge < -0.3 is 20.2 Å². The van der Waals surface area contributed by atoms with Gasteiger partial charge in [-0.05, 0) is 79.0 Å². The van der Waals surface area contributed by atoms with Gasteiger partial charge in [0.2, 0.25) is 5.91 Å². The van der Waals surface area contributed by atoms with E-state index in [0.717, 1.165) is 30.4 Å². The van der Waals surface area contributed by atoms with Crippen molar-refractivity contribution in [1.29, 1.82) is 0 Å². The summed E-state index contributed by atoms with van der Waals surface area (Å²) in [6.07, 6.45) is 7.92. The molecule has 1 unspecified atom stereocenters. The molecule has 1 heterocycles. The molecule has 2 aromatic carbocycles. The highest BCUT2D eigenvalue weighted by Crippen LogP contribution is 2.41. The summed E-state index contributed by atoms with van der Waals surface area (Å²) >= 11 is 0. The zero-order valence-corrected chi connectivity index (χ0v) is 18.5. The maximum atomic E-state index is 12.0. The van der Waals surface area contributed by atoms with Gasteiger partial charge in [-0.3, -0.25) is 4.79 Å². The maximum Gasteiger partial charge on any atom is 0.224 e. The lowest BCUT2D eigenvalue weighted by atomic mass is 9.83. The van der Waals surface area contributed by atoms with E-state index < -0.39 is 6.23 Å². The van der Waals surface area contributed by atoms with Gasteiger partial charge in [0.05, 0.1) is 0 Å². The smallest absolute Gasteiger partial charge is 0.224 e. The van der Waals surface area contributed by atoms with Gasteiger partial charge in [-0.15, -0.1) is 0 Å². The van der Waals surface area contributed by atoms with Crippen molar-refractivity contribution in [1.82, 2.24) is 4.90 Å². The number of carbonyl (C=O) groups excluding carboxylic acids is 1. The van der Waals surface area contributed by atoms with Crippen LogP contribution in [0, 0.1) is 5.92 Å². The highest BCUT2D eigenvalue weighted by atomic mass is 16.3. The molecule has 5 heteroatoms. The van der Waals surface area contributed by atoms with Gasteiger partial charge in [-0.1, -0.05) is 42.7 Å². The number of rotatable bonds is 8. The summed E-state index contributed by atoms with van der Waals surface area (Å²) in [4.78, 5) is 13.6. The molecule has 0 spiro atoms. The molecule has 1 saturated carbocycles. The van der Waals surface area contributed by atoms with E-state index in [4.69, 9.17) is 0 Å². The molecule has 5 nitrogen and oxygen atoms in total. The van der Waals surface area contributed by atoms with Crippen molar-refractivity contribution in [3.05, 3.63) is 65.2 Å². The lowest BCUT2D eigenvalue weighted by Crippen LogP contribution is -2.33. The van der Waals surface area contributed by atoms with Crippen LogP contribution in [-0.4, -0.2) is 38.9 Å². The number of aliphatic hydroxyl groups is 1. The van der Waals surface area contributed by atoms with Crippen LogP contribution in [0.2, 0.25) is 0 Å². The third kappa shape index (κ3) is 5.16. The number of allylic oxidation sites excluding steroid dienone is 1. The highest BCUT2D eigenvalue weighted by molar-refractivity contribution is 5.83. The molecule has 0 bridgehead atoms. The molecular formula is C27H33NO4. The van der Waals surface area contributed by atoms with Gasteiger partial charge in [-0.25, -0.2) is 0 Å². The van der Waals surface area contributed by atoms with Crippen molar-refractivity contribution >= 4 is 11.5 Å². The van der Waals surface area contributed by atoms with E-state index in [9.17, 15) is 20.1 Å². The zero-order valence-electron chi connectivity index (χ0n) is 18.5. The number of benzene rings is 2. The van der Waals surface area contributed by atoms with Crippen molar-refractivity contribution < 1.29 is 20.1 Å². The van der Waals surface area contributed by atoms with Gasteiger partial charge >= 0.3 is 0 Å². The molecule has 1 aliphatic heterocycles. The Bertz CT molecular complexity index is 895. The zero-order chi connectivity index (χ0) is 22.5. The van der Waals surface area contributed by atoms with E-state index >= 15 is 0 Å². The van der Waals surface area contributed by atoms with Gasteiger partial charge in [0.1, 0.15) is 17.7 Å². The molecule has 1 amide bonds. The van der Waals surface area contributed by atoms with E-state index in [1.807, 2.05) is 24.3 Å². The number of hydrogen-bond donors (Lipinski definition) is 3. The van der Waals surface area contributed by atoms with Gasteiger partial charge in [-0.2, -0.15) is 0 Å². The van der Waals surface area contributed by atoms with E-state index in [2.05, 4.69) is 0 Å². The van der Waals surface area contributed by atoms with Crippen molar-refractivity contribution in [3.63, 3.8) is 0 Å². The fraction of sp³-hybridized carbons (Fsp3) is 0.444. The van der Waals surface area contributed by atoms with Crippen LogP contribution in [0.5, 0.6) is 11.5 Å². The number of likely N-dealkylation sites (tertiary alicyclic amines) is 1. The molecule has 0 radical (unpaired) electrons. The number of aliphatic hydroxyl groups excluding tert-OH is 1. The average molecular weight is 436 g/mol. The van der Waals surface area contributed by atoms with Gasteiger partial charge in [0, 0.05) is 19.4 Å². The fourth-order valence-corrected chi connectivity index (χ4v) is 5.19. The number of unbranched alkanes of at least 4 members (excludes halogenated alkanes) is 1. The molecule has 3 N–H and O–H groups in total. The molecule has 1 aliphatic carbocycles. The maximum absolute atomic E-state index is 12.0. The minimum absolute atomic E-state index is 0.0536. The number of phenols is 2. The molecule has 2 fully saturated rings. The first-order valence-corrected chi connectivity index (χ1v) is 11.8. The van der Waals surface area contributed by atoms with E-state index in [1.165, 1.54) is 36.8 Å². The number of aromatic hydroxyl groups is 2. The van der Waals surface area contributed by atoms with Crippen LogP contribution in [0.25, 0.3) is 5.57 Å². The second-order valence-electron chi connectivity index (χ2n) is 9.04. The molecule has 170 valence electrons. The molecule has 32 heavy (non-hydrogen) atoms. The summed E-state index contributed by atoms with van der Waals surface area (Å²) < 4.78 is 0. The Morgan fingerprint density at radius 1 is 0.844 bits per heavy atom. The van der Waals surface area contributed by atoms with Crippen LogP contribution < -0.4 is 0 Å². The summed E-state index contributed by atoms with van der Waals surface area (Å²) in [6, 6.07) is 14.8. The molecular weight excluding hydrogens is 402 g/mol. The lowest BCUT2D eigenvalue weighted by molar-refractivity contribution is -0.133. The van der Waals surface area contributed by atoms with E-state index in [-0.39, 0.29) is 17.4 Å². The number of amides is 1. The average Bonchev–Trinajstić information content (AvgIpc) is 3.43. The number of hydrogen-bond acceptors (Lipinski definition) is 4. The van der Waals surface area contributed by atoms with Crippen LogP contribution >= 0.6 is 0 Å². The minimum atomic E-state index is -0.628. The Hall–Kier alpha value is -2.79. The van der Waals surface area contributed by atoms with Gasteiger partial charge in [0.15, 0.2) is 0 Å². The molecule has 2 aromatic rings. The normalized spacial score (nSPS) is 19.0. The van der Waals surface area contributed by atoms with Gasteiger partial charge in [0.25, 0.3) is 0 Å². The van der Waals surface area contributed by atoms with Crippen LogP contribution in [-0.2, 0) is 4.79 Å². The molecule has 0 aromatic heterocycles. The Balaban J connectivity index is 1.62. The predicted molar refractivity (Wildman–Crippen MR) is 125 cm³/mol. The second kappa shape index (κ2) is 10.2. The number of nitrogens with zero attached hydrogens (tertiary/aromatic N) is 1. The lowest BCUT2D eigenvalue weighted by Gasteiger charge is -2.23.